The lowest BCUT2D eigenvalue weighted by Gasteiger charge is -2.11. The van der Waals surface area contributed by atoms with E-state index in [4.69, 9.17) is 0 Å². The van der Waals surface area contributed by atoms with Crippen LogP contribution in [0.1, 0.15) is 11.1 Å². The number of hydrogen-bond acceptors (Lipinski definition) is 5. The normalized spacial score (nSPS) is 10.7. The summed E-state index contributed by atoms with van der Waals surface area (Å²) < 4.78 is 1.87. The molecule has 7 heteroatoms. The molecule has 0 saturated carbocycles. The summed E-state index contributed by atoms with van der Waals surface area (Å²) in [5.74, 6) is 0.936. The number of benzene rings is 1. The molecular formula is C18H19N5OS. The Morgan fingerprint density at radius 1 is 1.16 bits per heavy atom. The number of carbonyl (C=O) groups excluding carboxylic acids is 1. The van der Waals surface area contributed by atoms with Gasteiger partial charge in [0.05, 0.1) is 5.75 Å². The number of amides is 1. The minimum atomic E-state index is -0.0617. The number of nitrogens with one attached hydrogen (secondary N) is 1. The molecule has 0 aliphatic heterocycles. The average Bonchev–Trinajstić information content (AvgIpc) is 2.98. The number of thioether (sulfide) groups is 1. The lowest BCUT2D eigenvalue weighted by molar-refractivity contribution is -0.113. The third-order valence-electron chi connectivity index (χ3n) is 3.83. The van der Waals surface area contributed by atoms with E-state index in [0.717, 1.165) is 28.2 Å². The van der Waals surface area contributed by atoms with Crippen LogP contribution in [0.15, 0.2) is 47.9 Å². The van der Waals surface area contributed by atoms with Crippen LogP contribution in [-0.4, -0.2) is 31.4 Å². The monoisotopic (exact) mass is 353 g/mol. The van der Waals surface area contributed by atoms with E-state index in [1.807, 2.05) is 55.8 Å². The van der Waals surface area contributed by atoms with Gasteiger partial charge in [-0.05, 0) is 37.1 Å². The van der Waals surface area contributed by atoms with Crippen molar-refractivity contribution in [2.75, 3.05) is 11.1 Å². The summed E-state index contributed by atoms with van der Waals surface area (Å²) in [6.45, 7) is 3.97. The maximum Gasteiger partial charge on any atom is 0.234 e. The number of pyridine rings is 1. The highest BCUT2D eigenvalue weighted by Crippen LogP contribution is 2.23. The van der Waals surface area contributed by atoms with E-state index in [0.29, 0.717) is 5.16 Å². The molecule has 0 radical (unpaired) electrons. The lowest BCUT2D eigenvalue weighted by Crippen LogP contribution is -2.16. The maximum absolute atomic E-state index is 12.3. The smallest absolute Gasteiger partial charge is 0.234 e. The van der Waals surface area contributed by atoms with Crippen molar-refractivity contribution in [1.82, 2.24) is 19.7 Å². The fourth-order valence-electron chi connectivity index (χ4n) is 2.50. The molecule has 128 valence electrons. The standard InChI is InChI=1S/C18H19N5OS/c1-12-6-4-7-13(2)16(12)20-15(24)11-25-18-22-21-17(23(18)3)14-8-5-9-19-10-14/h4-10H,11H2,1-3H3,(H,20,24). The molecule has 0 fully saturated rings. The summed E-state index contributed by atoms with van der Waals surface area (Å²) in [4.78, 5) is 16.4. The van der Waals surface area contributed by atoms with Crippen LogP contribution in [0.5, 0.6) is 0 Å². The number of aromatic nitrogens is 4. The van der Waals surface area contributed by atoms with Crippen LogP contribution in [0.25, 0.3) is 11.4 Å². The van der Waals surface area contributed by atoms with E-state index in [2.05, 4.69) is 20.5 Å². The minimum Gasteiger partial charge on any atom is -0.325 e. The highest BCUT2D eigenvalue weighted by molar-refractivity contribution is 7.99. The summed E-state index contributed by atoms with van der Waals surface area (Å²) in [5, 5.41) is 12.0. The molecule has 1 aromatic carbocycles. The zero-order valence-corrected chi connectivity index (χ0v) is 15.2. The summed E-state index contributed by atoms with van der Waals surface area (Å²) in [6, 6.07) is 9.74. The number of para-hydroxylation sites is 1. The molecule has 0 spiro atoms. The quantitative estimate of drug-likeness (QED) is 0.713. The van der Waals surface area contributed by atoms with Gasteiger partial charge >= 0.3 is 0 Å². The minimum absolute atomic E-state index is 0.0617. The first-order chi connectivity index (χ1) is 12.1. The first-order valence-electron chi connectivity index (χ1n) is 7.85. The number of hydrogen-bond donors (Lipinski definition) is 1. The SMILES string of the molecule is Cc1cccc(C)c1NC(=O)CSc1nnc(-c2cccnc2)n1C. The molecule has 0 atom stereocenters. The average molecular weight is 353 g/mol. The topological polar surface area (TPSA) is 72.7 Å². The van der Waals surface area contributed by atoms with Gasteiger partial charge < -0.3 is 9.88 Å². The Hall–Kier alpha value is -2.67. The van der Waals surface area contributed by atoms with Gasteiger partial charge in [-0.1, -0.05) is 30.0 Å². The number of anilines is 1. The van der Waals surface area contributed by atoms with Gasteiger partial charge in [-0.3, -0.25) is 9.78 Å². The zero-order valence-electron chi connectivity index (χ0n) is 14.4. The van der Waals surface area contributed by atoms with Crippen molar-refractivity contribution in [2.45, 2.75) is 19.0 Å². The second kappa shape index (κ2) is 7.48. The van der Waals surface area contributed by atoms with Gasteiger partial charge in [0.1, 0.15) is 0 Å². The Labute approximate surface area is 150 Å². The Morgan fingerprint density at radius 3 is 2.60 bits per heavy atom. The number of rotatable bonds is 5. The van der Waals surface area contributed by atoms with Crippen LogP contribution < -0.4 is 5.32 Å². The van der Waals surface area contributed by atoms with Crippen molar-refractivity contribution in [2.24, 2.45) is 7.05 Å². The molecule has 0 aliphatic rings. The zero-order chi connectivity index (χ0) is 17.8. The molecule has 0 bridgehead atoms. The highest BCUT2D eigenvalue weighted by Gasteiger charge is 2.14. The molecule has 1 amide bonds. The van der Waals surface area contributed by atoms with Gasteiger partial charge in [-0.15, -0.1) is 10.2 Å². The third-order valence-corrected chi connectivity index (χ3v) is 4.85. The van der Waals surface area contributed by atoms with Gasteiger partial charge in [0.15, 0.2) is 11.0 Å². The van der Waals surface area contributed by atoms with Gasteiger partial charge in [0.2, 0.25) is 5.91 Å². The van der Waals surface area contributed by atoms with Gasteiger partial charge in [-0.2, -0.15) is 0 Å². The second-order valence-corrected chi connectivity index (χ2v) is 6.65. The van der Waals surface area contributed by atoms with Crippen LogP contribution in [0.2, 0.25) is 0 Å². The van der Waals surface area contributed by atoms with E-state index < -0.39 is 0 Å². The van der Waals surface area contributed by atoms with Crippen LogP contribution >= 0.6 is 11.8 Å². The van der Waals surface area contributed by atoms with Crippen LogP contribution in [-0.2, 0) is 11.8 Å². The Morgan fingerprint density at radius 2 is 1.92 bits per heavy atom. The Balaban J connectivity index is 1.66. The Bertz CT molecular complexity index is 871. The summed E-state index contributed by atoms with van der Waals surface area (Å²) >= 11 is 1.36. The fourth-order valence-corrected chi connectivity index (χ4v) is 3.22. The molecule has 0 aliphatic carbocycles. The maximum atomic E-state index is 12.3. The third kappa shape index (κ3) is 3.88. The van der Waals surface area contributed by atoms with Crippen molar-refractivity contribution in [3.63, 3.8) is 0 Å². The summed E-state index contributed by atoms with van der Waals surface area (Å²) in [7, 11) is 1.88. The molecule has 0 saturated heterocycles. The Kier molecular flexibility index (Phi) is 5.14. The fraction of sp³-hybridized carbons (Fsp3) is 0.222. The van der Waals surface area contributed by atoms with Crippen molar-refractivity contribution in [3.05, 3.63) is 53.9 Å². The van der Waals surface area contributed by atoms with Crippen molar-refractivity contribution in [3.8, 4) is 11.4 Å². The number of nitrogens with zero attached hydrogens (tertiary/aromatic N) is 4. The van der Waals surface area contributed by atoms with E-state index >= 15 is 0 Å². The highest BCUT2D eigenvalue weighted by atomic mass is 32.2. The van der Waals surface area contributed by atoms with Crippen molar-refractivity contribution < 1.29 is 4.79 Å². The van der Waals surface area contributed by atoms with Gasteiger partial charge in [-0.25, -0.2) is 0 Å². The molecule has 6 nitrogen and oxygen atoms in total. The first-order valence-corrected chi connectivity index (χ1v) is 8.83. The predicted molar refractivity (Wildman–Crippen MR) is 99.5 cm³/mol. The summed E-state index contributed by atoms with van der Waals surface area (Å²) in [5.41, 5.74) is 3.87. The van der Waals surface area contributed by atoms with Crippen LogP contribution in [0.3, 0.4) is 0 Å². The molecule has 25 heavy (non-hydrogen) atoms. The lowest BCUT2D eigenvalue weighted by atomic mass is 10.1. The molecule has 3 aromatic rings. The molecule has 1 N–H and O–H groups in total. The van der Waals surface area contributed by atoms with E-state index in [9.17, 15) is 4.79 Å². The van der Waals surface area contributed by atoms with E-state index in [-0.39, 0.29) is 11.7 Å². The van der Waals surface area contributed by atoms with E-state index in [1.54, 1.807) is 12.4 Å². The molecule has 3 rings (SSSR count). The molecule has 2 heterocycles. The van der Waals surface area contributed by atoms with E-state index in [1.165, 1.54) is 11.8 Å². The predicted octanol–water partition coefficient (Wildman–Crippen LogP) is 3.22. The van der Waals surface area contributed by atoms with Gasteiger partial charge in [0, 0.05) is 30.7 Å². The first kappa shape index (κ1) is 17.2. The molecule has 0 unspecified atom stereocenters. The molecule has 2 aromatic heterocycles. The molecular weight excluding hydrogens is 334 g/mol. The number of carbonyl (C=O) groups is 1. The number of aryl methyl sites for hydroxylation is 2. The van der Waals surface area contributed by atoms with Crippen molar-refractivity contribution >= 4 is 23.4 Å². The second-order valence-electron chi connectivity index (χ2n) is 5.71. The summed E-state index contributed by atoms with van der Waals surface area (Å²) in [6.07, 6.45) is 3.46. The van der Waals surface area contributed by atoms with Gasteiger partial charge in [0.25, 0.3) is 0 Å². The van der Waals surface area contributed by atoms with Crippen LogP contribution in [0.4, 0.5) is 5.69 Å². The largest absolute Gasteiger partial charge is 0.325 e. The van der Waals surface area contributed by atoms with Crippen molar-refractivity contribution in [1.29, 1.82) is 0 Å². The van der Waals surface area contributed by atoms with Crippen LogP contribution in [0, 0.1) is 13.8 Å².